The molecule has 10 nitrogen and oxygen atoms in total. The quantitative estimate of drug-likeness (QED) is 0.476. The third-order valence-electron chi connectivity index (χ3n) is 4.74. The van der Waals surface area contributed by atoms with Crippen molar-refractivity contribution in [3.05, 3.63) is 54.4 Å². The first-order valence-corrected chi connectivity index (χ1v) is 11.0. The minimum Gasteiger partial charge on any atom is -0.497 e. The number of likely N-dealkylation sites (N-methyl/N-ethyl adjacent to an activating group) is 2. The lowest BCUT2D eigenvalue weighted by Gasteiger charge is -2.20. The molecule has 0 fully saturated rings. The summed E-state index contributed by atoms with van der Waals surface area (Å²) in [7, 11) is 2.12. The lowest BCUT2D eigenvalue weighted by Crippen LogP contribution is -2.39. The minimum atomic E-state index is -3.83. The van der Waals surface area contributed by atoms with Crippen LogP contribution in [-0.2, 0) is 21.4 Å². The van der Waals surface area contributed by atoms with Gasteiger partial charge in [0.1, 0.15) is 11.5 Å². The molecule has 0 bridgehead atoms. The summed E-state index contributed by atoms with van der Waals surface area (Å²) >= 11 is 0. The smallest absolute Gasteiger partial charge is 0.246 e. The Morgan fingerprint density at radius 3 is 2.09 bits per heavy atom. The zero-order valence-electron chi connectivity index (χ0n) is 18.2. The van der Waals surface area contributed by atoms with Crippen molar-refractivity contribution in [3.63, 3.8) is 0 Å². The second kappa shape index (κ2) is 9.79. The third-order valence-corrected chi connectivity index (χ3v) is 6.56. The third kappa shape index (κ3) is 5.24. The van der Waals surface area contributed by atoms with Crippen LogP contribution >= 0.6 is 0 Å². The van der Waals surface area contributed by atoms with Crippen LogP contribution in [0.25, 0.3) is 11.4 Å². The number of rotatable bonds is 9. The van der Waals surface area contributed by atoms with Gasteiger partial charge in [-0.05, 0) is 48.5 Å². The number of nitrogens with zero attached hydrogens (tertiary/aromatic N) is 4. The number of hydrogen-bond donors (Lipinski definition) is 0. The predicted octanol–water partition coefficient (Wildman–Crippen LogP) is 2.03. The molecular weight excluding hydrogens is 436 g/mol. The standard InChI is InChI=1S/C21H24N4O6S/c1-24(13-19-22-21(23-31-19)15-5-7-16(29-3)8-6-15)20(26)14-25(2)32(27,28)18-11-9-17(30-4)10-12-18/h5-12H,13-14H2,1-4H3. The van der Waals surface area contributed by atoms with E-state index in [9.17, 15) is 13.2 Å². The van der Waals surface area contributed by atoms with Crippen molar-refractivity contribution in [1.82, 2.24) is 19.3 Å². The number of ether oxygens (including phenoxy) is 2. The predicted molar refractivity (Wildman–Crippen MR) is 116 cm³/mol. The Hall–Kier alpha value is -3.44. The highest BCUT2D eigenvalue weighted by Gasteiger charge is 2.25. The summed E-state index contributed by atoms with van der Waals surface area (Å²) in [6.45, 7) is -0.303. The second-order valence-corrected chi connectivity index (χ2v) is 8.97. The van der Waals surface area contributed by atoms with E-state index in [4.69, 9.17) is 14.0 Å². The van der Waals surface area contributed by atoms with E-state index in [-0.39, 0.29) is 23.9 Å². The van der Waals surface area contributed by atoms with Crippen molar-refractivity contribution in [2.75, 3.05) is 34.9 Å². The Morgan fingerprint density at radius 1 is 0.969 bits per heavy atom. The number of sulfonamides is 1. The highest BCUT2D eigenvalue weighted by Crippen LogP contribution is 2.21. The van der Waals surface area contributed by atoms with Gasteiger partial charge >= 0.3 is 0 Å². The molecule has 3 rings (SSSR count). The Morgan fingerprint density at radius 2 is 1.53 bits per heavy atom. The van der Waals surface area contributed by atoms with Gasteiger partial charge in [-0.3, -0.25) is 4.79 Å². The number of aromatic nitrogens is 2. The van der Waals surface area contributed by atoms with Crippen LogP contribution in [0.2, 0.25) is 0 Å². The van der Waals surface area contributed by atoms with E-state index in [1.54, 1.807) is 43.5 Å². The van der Waals surface area contributed by atoms with Gasteiger partial charge in [0, 0.05) is 19.7 Å². The Labute approximate surface area is 186 Å². The Bertz CT molecular complexity index is 1160. The van der Waals surface area contributed by atoms with Crippen molar-refractivity contribution in [3.8, 4) is 22.9 Å². The lowest BCUT2D eigenvalue weighted by atomic mass is 10.2. The molecule has 0 atom stereocenters. The SMILES string of the molecule is COc1ccc(-c2noc(CN(C)C(=O)CN(C)S(=O)(=O)c3ccc(OC)cc3)n2)cc1. The summed E-state index contributed by atoms with van der Waals surface area (Å²) in [5.74, 6) is 1.43. The number of amides is 1. The van der Waals surface area contributed by atoms with Crippen molar-refractivity contribution in [2.24, 2.45) is 0 Å². The van der Waals surface area contributed by atoms with Gasteiger partial charge in [-0.25, -0.2) is 8.42 Å². The summed E-state index contributed by atoms with van der Waals surface area (Å²) in [6.07, 6.45) is 0. The maximum Gasteiger partial charge on any atom is 0.246 e. The molecule has 0 aliphatic carbocycles. The summed E-state index contributed by atoms with van der Waals surface area (Å²) in [5, 5.41) is 3.93. The van der Waals surface area contributed by atoms with Crippen molar-refractivity contribution in [1.29, 1.82) is 0 Å². The largest absolute Gasteiger partial charge is 0.497 e. The molecule has 0 spiro atoms. The summed E-state index contributed by atoms with van der Waals surface area (Å²) in [4.78, 5) is 18.3. The molecule has 1 aromatic heterocycles. The molecule has 0 saturated carbocycles. The van der Waals surface area contributed by atoms with E-state index in [1.807, 2.05) is 0 Å². The second-order valence-electron chi connectivity index (χ2n) is 6.93. The zero-order valence-corrected chi connectivity index (χ0v) is 19.0. The first kappa shape index (κ1) is 23.2. The zero-order chi connectivity index (χ0) is 23.3. The molecule has 0 radical (unpaired) electrons. The maximum atomic E-state index is 12.7. The average molecular weight is 461 g/mol. The first-order valence-electron chi connectivity index (χ1n) is 9.56. The van der Waals surface area contributed by atoms with Crippen molar-refractivity contribution >= 4 is 15.9 Å². The van der Waals surface area contributed by atoms with Crippen LogP contribution in [-0.4, -0.2) is 68.5 Å². The molecule has 32 heavy (non-hydrogen) atoms. The van der Waals surface area contributed by atoms with E-state index in [0.29, 0.717) is 17.3 Å². The Balaban J connectivity index is 1.62. The van der Waals surface area contributed by atoms with E-state index in [2.05, 4.69) is 10.1 Å². The highest BCUT2D eigenvalue weighted by atomic mass is 32.2. The molecule has 0 unspecified atom stereocenters. The minimum absolute atomic E-state index is 0.0401. The van der Waals surface area contributed by atoms with Gasteiger partial charge < -0.3 is 18.9 Å². The number of carbonyl (C=O) groups is 1. The van der Waals surface area contributed by atoms with Gasteiger partial charge in [0.15, 0.2) is 0 Å². The van der Waals surface area contributed by atoms with Gasteiger partial charge in [0.2, 0.25) is 27.6 Å². The van der Waals surface area contributed by atoms with Gasteiger partial charge in [-0.1, -0.05) is 5.16 Å². The maximum absolute atomic E-state index is 12.7. The molecule has 1 heterocycles. The van der Waals surface area contributed by atoms with E-state index >= 15 is 0 Å². The van der Waals surface area contributed by atoms with Crippen LogP contribution in [0.3, 0.4) is 0 Å². The van der Waals surface area contributed by atoms with Gasteiger partial charge in [0.05, 0.1) is 32.2 Å². The Kier molecular flexibility index (Phi) is 7.11. The van der Waals surface area contributed by atoms with Crippen LogP contribution in [0.1, 0.15) is 5.89 Å². The molecule has 0 N–H and O–H groups in total. The molecule has 170 valence electrons. The number of methoxy groups -OCH3 is 2. The molecule has 2 aromatic carbocycles. The van der Waals surface area contributed by atoms with Crippen molar-refractivity contribution < 1.29 is 27.2 Å². The molecule has 0 saturated heterocycles. The molecule has 0 aliphatic heterocycles. The van der Waals surface area contributed by atoms with Crippen LogP contribution in [0, 0.1) is 0 Å². The molecule has 3 aromatic rings. The van der Waals surface area contributed by atoms with E-state index in [1.165, 1.54) is 38.2 Å². The van der Waals surface area contributed by atoms with Crippen LogP contribution in [0.4, 0.5) is 0 Å². The monoisotopic (exact) mass is 460 g/mol. The van der Waals surface area contributed by atoms with Crippen molar-refractivity contribution in [2.45, 2.75) is 11.4 Å². The fraction of sp³-hybridized carbons (Fsp3) is 0.286. The summed E-state index contributed by atoms with van der Waals surface area (Å²) in [5.41, 5.74) is 0.736. The van der Waals surface area contributed by atoms with Crippen LogP contribution in [0.5, 0.6) is 11.5 Å². The van der Waals surface area contributed by atoms with Crippen LogP contribution in [0.15, 0.2) is 57.9 Å². The van der Waals surface area contributed by atoms with Crippen LogP contribution < -0.4 is 9.47 Å². The average Bonchev–Trinajstić information content (AvgIpc) is 3.27. The topological polar surface area (TPSA) is 115 Å². The first-order chi connectivity index (χ1) is 15.2. The number of benzene rings is 2. The lowest BCUT2D eigenvalue weighted by molar-refractivity contribution is -0.130. The summed E-state index contributed by atoms with van der Waals surface area (Å²) < 4.78 is 41.8. The molecule has 1 amide bonds. The van der Waals surface area contributed by atoms with Gasteiger partial charge in [-0.15, -0.1) is 0 Å². The fourth-order valence-corrected chi connectivity index (χ4v) is 3.91. The fourth-order valence-electron chi connectivity index (χ4n) is 2.79. The highest BCUT2D eigenvalue weighted by molar-refractivity contribution is 7.89. The molecule has 11 heteroatoms. The van der Waals surface area contributed by atoms with E-state index < -0.39 is 15.9 Å². The molecular formula is C21H24N4O6S. The van der Waals surface area contributed by atoms with Gasteiger partial charge in [-0.2, -0.15) is 9.29 Å². The van der Waals surface area contributed by atoms with E-state index in [0.717, 1.165) is 9.87 Å². The number of hydrogen-bond acceptors (Lipinski definition) is 8. The van der Waals surface area contributed by atoms with Gasteiger partial charge in [0.25, 0.3) is 0 Å². The summed E-state index contributed by atoms with van der Waals surface area (Å²) in [6, 6.07) is 13.1. The molecule has 0 aliphatic rings. The number of carbonyl (C=O) groups excluding carboxylic acids is 1. The normalized spacial score (nSPS) is 11.4.